The molecule has 1 aliphatic heterocycles. The minimum absolute atomic E-state index is 0.0938. The number of rotatable bonds is 6. The van der Waals surface area contributed by atoms with Crippen LogP contribution < -0.4 is 10.1 Å². The van der Waals surface area contributed by atoms with Crippen LogP contribution in [-0.4, -0.2) is 38.3 Å². The van der Waals surface area contributed by atoms with Gasteiger partial charge in [0.15, 0.2) is 0 Å². The molecule has 0 bridgehead atoms. The Bertz CT molecular complexity index is 1010. The third-order valence-electron chi connectivity index (χ3n) is 4.63. The number of nitrogens with zero attached hydrogens (tertiary/aromatic N) is 1. The van der Waals surface area contributed by atoms with Crippen molar-refractivity contribution >= 4 is 37.5 Å². The van der Waals surface area contributed by atoms with Gasteiger partial charge in [0.25, 0.3) is 5.91 Å². The molecule has 1 N–H and O–H groups in total. The summed E-state index contributed by atoms with van der Waals surface area (Å²) in [4.78, 5) is 12.8. The summed E-state index contributed by atoms with van der Waals surface area (Å²) in [5.41, 5.74) is 0.462. The lowest BCUT2D eigenvalue weighted by Gasteiger charge is -2.26. The fourth-order valence-electron chi connectivity index (χ4n) is 3.17. The van der Waals surface area contributed by atoms with Crippen LogP contribution in [0.25, 0.3) is 0 Å². The van der Waals surface area contributed by atoms with Crippen molar-refractivity contribution in [1.82, 2.24) is 4.31 Å². The summed E-state index contributed by atoms with van der Waals surface area (Å²) in [7, 11) is -3.66. The van der Waals surface area contributed by atoms with Crippen LogP contribution in [0, 0.1) is 5.82 Å². The van der Waals surface area contributed by atoms with Crippen LogP contribution in [0.4, 0.5) is 10.1 Å². The number of piperidine rings is 1. The highest BCUT2D eigenvalue weighted by atomic mass is 79.9. The van der Waals surface area contributed by atoms with E-state index in [1.165, 1.54) is 40.7 Å². The Morgan fingerprint density at radius 1 is 1.17 bits per heavy atom. The van der Waals surface area contributed by atoms with Crippen LogP contribution >= 0.6 is 15.9 Å². The van der Waals surface area contributed by atoms with Crippen molar-refractivity contribution in [3.63, 3.8) is 0 Å². The molecule has 6 nitrogen and oxygen atoms in total. The fraction of sp³-hybridized carbons (Fsp3) is 0.350. The van der Waals surface area contributed by atoms with Gasteiger partial charge in [-0.25, -0.2) is 12.8 Å². The molecule has 0 atom stereocenters. The molecule has 0 saturated carbocycles. The number of nitrogens with one attached hydrogen (secondary N) is 1. The zero-order valence-corrected chi connectivity index (χ0v) is 18.4. The second-order valence-electron chi connectivity index (χ2n) is 6.63. The second-order valence-corrected chi connectivity index (χ2v) is 9.43. The lowest BCUT2D eigenvalue weighted by molar-refractivity contribution is 0.102. The summed E-state index contributed by atoms with van der Waals surface area (Å²) in [6.45, 7) is 3.11. The van der Waals surface area contributed by atoms with Gasteiger partial charge in [0.05, 0.1) is 22.8 Å². The van der Waals surface area contributed by atoms with E-state index in [1.807, 2.05) is 0 Å². The number of amides is 1. The number of anilines is 1. The van der Waals surface area contributed by atoms with Crippen LogP contribution in [0.2, 0.25) is 0 Å². The predicted molar refractivity (Wildman–Crippen MR) is 112 cm³/mol. The van der Waals surface area contributed by atoms with Crippen molar-refractivity contribution < 1.29 is 22.3 Å². The third kappa shape index (κ3) is 4.96. The average molecular weight is 485 g/mol. The summed E-state index contributed by atoms with van der Waals surface area (Å²) in [6.07, 6.45) is 2.68. The van der Waals surface area contributed by atoms with Gasteiger partial charge in [0.1, 0.15) is 11.6 Å². The maximum atomic E-state index is 13.3. The number of halogens is 2. The monoisotopic (exact) mass is 484 g/mol. The first kappa shape index (κ1) is 21.7. The largest absolute Gasteiger partial charge is 0.492 e. The molecule has 1 heterocycles. The molecule has 156 valence electrons. The minimum Gasteiger partial charge on any atom is -0.492 e. The molecule has 0 spiro atoms. The Balaban J connectivity index is 1.93. The van der Waals surface area contributed by atoms with Crippen LogP contribution in [0.5, 0.6) is 5.75 Å². The van der Waals surface area contributed by atoms with E-state index in [2.05, 4.69) is 21.2 Å². The number of ether oxygens (including phenoxy) is 1. The standard InChI is InChI=1S/C20H22BrFN2O4S/c1-2-28-19-9-7-15(29(26,27)24-10-4-3-5-11-24)13-18(19)23-20(25)16-8-6-14(22)12-17(16)21/h6-9,12-13H,2-5,10-11H2,1H3,(H,23,25). The molecule has 9 heteroatoms. The summed E-state index contributed by atoms with van der Waals surface area (Å²) < 4.78 is 46.6. The van der Waals surface area contributed by atoms with Crippen molar-refractivity contribution in [2.24, 2.45) is 0 Å². The molecule has 2 aromatic carbocycles. The zero-order valence-electron chi connectivity index (χ0n) is 16.0. The number of hydrogen-bond acceptors (Lipinski definition) is 4. The van der Waals surface area contributed by atoms with Crippen molar-refractivity contribution in [2.75, 3.05) is 25.0 Å². The topological polar surface area (TPSA) is 75.7 Å². The van der Waals surface area contributed by atoms with E-state index in [4.69, 9.17) is 4.74 Å². The number of hydrogen-bond donors (Lipinski definition) is 1. The number of benzene rings is 2. The smallest absolute Gasteiger partial charge is 0.256 e. The van der Waals surface area contributed by atoms with Gasteiger partial charge in [-0.15, -0.1) is 0 Å². The highest BCUT2D eigenvalue weighted by molar-refractivity contribution is 9.10. The highest BCUT2D eigenvalue weighted by Gasteiger charge is 2.27. The molecule has 0 aliphatic carbocycles. The molecule has 1 amide bonds. The summed E-state index contributed by atoms with van der Waals surface area (Å²) in [5.74, 6) is -0.625. The predicted octanol–water partition coefficient (Wildman–Crippen LogP) is 4.41. The zero-order chi connectivity index (χ0) is 21.0. The summed E-state index contributed by atoms with van der Waals surface area (Å²) in [5, 5.41) is 2.69. The number of carbonyl (C=O) groups excluding carboxylic acids is 1. The second kappa shape index (κ2) is 9.23. The Morgan fingerprint density at radius 2 is 1.90 bits per heavy atom. The molecule has 1 fully saturated rings. The van der Waals surface area contributed by atoms with Crippen LogP contribution in [0.1, 0.15) is 36.5 Å². The Morgan fingerprint density at radius 3 is 2.55 bits per heavy atom. The molecule has 1 aliphatic rings. The van der Waals surface area contributed by atoms with Crippen molar-refractivity contribution in [1.29, 1.82) is 0 Å². The quantitative estimate of drug-likeness (QED) is 0.658. The van der Waals surface area contributed by atoms with Crippen LogP contribution in [-0.2, 0) is 10.0 Å². The van der Waals surface area contributed by atoms with Gasteiger partial charge >= 0.3 is 0 Å². The Labute approximate surface area is 178 Å². The molecule has 0 unspecified atom stereocenters. The first-order chi connectivity index (χ1) is 13.8. The number of carbonyl (C=O) groups is 1. The van der Waals surface area contributed by atoms with E-state index in [1.54, 1.807) is 6.92 Å². The van der Waals surface area contributed by atoms with Crippen LogP contribution in [0.3, 0.4) is 0 Å². The van der Waals surface area contributed by atoms with Crippen molar-refractivity contribution in [3.8, 4) is 5.75 Å². The van der Waals surface area contributed by atoms with Crippen molar-refractivity contribution in [3.05, 3.63) is 52.3 Å². The van der Waals surface area contributed by atoms with E-state index in [-0.39, 0.29) is 16.1 Å². The van der Waals surface area contributed by atoms with Gasteiger partial charge in [-0.3, -0.25) is 4.79 Å². The first-order valence-electron chi connectivity index (χ1n) is 9.36. The van der Waals surface area contributed by atoms with Gasteiger partial charge in [-0.2, -0.15) is 4.31 Å². The molecule has 1 saturated heterocycles. The maximum absolute atomic E-state index is 13.3. The molecule has 0 radical (unpaired) electrons. The summed E-state index contributed by atoms with van der Waals surface area (Å²) >= 11 is 3.17. The van der Waals surface area contributed by atoms with Gasteiger partial charge in [0.2, 0.25) is 10.0 Å². The van der Waals surface area contributed by atoms with E-state index in [0.29, 0.717) is 29.9 Å². The van der Waals surface area contributed by atoms with E-state index < -0.39 is 21.7 Å². The summed E-state index contributed by atoms with van der Waals surface area (Å²) in [6, 6.07) is 8.15. The minimum atomic E-state index is -3.66. The first-order valence-corrected chi connectivity index (χ1v) is 11.6. The van der Waals surface area contributed by atoms with Crippen molar-refractivity contribution in [2.45, 2.75) is 31.1 Å². The van der Waals surface area contributed by atoms with Gasteiger partial charge in [0, 0.05) is 17.6 Å². The highest BCUT2D eigenvalue weighted by Crippen LogP contribution is 2.31. The van der Waals surface area contributed by atoms with E-state index >= 15 is 0 Å². The Kier molecular flexibility index (Phi) is 6.92. The fourth-order valence-corrected chi connectivity index (χ4v) is 5.24. The molecule has 29 heavy (non-hydrogen) atoms. The normalized spacial score (nSPS) is 15.1. The lowest BCUT2D eigenvalue weighted by atomic mass is 10.2. The Hall–Kier alpha value is -1.97. The molecular weight excluding hydrogens is 463 g/mol. The molecule has 0 aromatic heterocycles. The average Bonchev–Trinajstić information content (AvgIpc) is 2.70. The SMILES string of the molecule is CCOc1ccc(S(=O)(=O)N2CCCCC2)cc1NC(=O)c1ccc(F)cc1Br. The molecule has 2 aromatic rings. The molecular formula is C20H22BrFN2O4S. The van der Waals surface area contributed by atoms with Gasteiger partial charge < -0.3 is 10.1 Å². The lowest BCUT2D eigenvalue weighted by Crippen LogP contribution is -2.35. The van der Waals surface area contributed by atoms with E-state index in [9.17, 15) is 17.6 Å². The number of sulfonamides is 1. The van der Waals surface area contributed by atoms with E-state index in [0.717, 1.165) is 19.3 Å². The maximum Gasteiger partial charge on any atom is 0.256 e. The third-order valence-corrected chi connectivity index (χ3v) is 7.18. The van der Waals surface area contributed by atoms with Gasteiger partial charge in [-0.1, -0.05) is 6.42 Å². The van der Waals surface area contributed by atoms with Crippen LogP contribution in [0.15, 0.2) is 45.8 Å². The van der Waals surface area contributed by atoms with Gasteiger partial charge in [-0.05, 0) is 72.1 Å². The molecule has 3 rings (SSSR count).